The third-order valence-corrected chi connectivity index (χ3v) is 3.29. The smallest absolute Gasteiger partial charge is 0.792 e. The van der Waals surface area contributed by atoms with Gasteiger partial charge in [-0.3, -0.25) is 9.59 Å². The van der Waals surface area contributed by atoms with Gasteiger partial charge in [0.1, 0.15) is 13.2 Å². The largest absolute Gasteiger partial charge is 2.00 e. The van der Waals surface area contributed by atoms with Crippen molar-refractivity contribution in [2.75, 3.05) is 51.1 Å². The number of esters is 2. The minimum atomic E-state index is -0.228. The Morgan fingerprint density at radius 1 is 0.657 bits per heavy atom. The molecule has 35 heavy (non-hydrogen) atoms. The van der Waals surface area contributed by atoms with Crippen molar-refractivity contribution in [3.8, 4) is 0 Å². The fraction of sp³-hybridized carbons (Fsp3) is 0.846. The first-order valence-electron chi connectivity index (χ1n) is 12.4. The second-order valence-electron chi connectivity index (χ2n) is 8.07. The van der Waals surface area contributed by atoms with E-state index < -0.39 is 0 Å². The Bertz CT molecular complexity index is 359. The van der Waals surface area contributed by atoms with Gasteiger partial charge >= 0.3 is 35.8 Å². The van der Waals surface area contributed by atoms with Crippen molar-refractivity contribution in [1.29, 1.82) is 0 Å². The van der Waals surface area contributed by atoms with Crippen LogP contribution in [-0.2, 0) is 53.8 Å². The standard InChI is InChI=1S/2C9H18O3S.2C4H9.Sn/c2*1-2-3-5-11-6-7-12-9(10)4-8-13;2*1-4(2)3;/h2*13H,2-8H2,1H3;2*4H,1H2,2-3H3;/q;;;;+2/p-2. The van der Waals surface area contributed by atoms with Gasteiger partial charge < -0.3 is 44.2 Å². The first-order chi connectivity index (χ1) is 16.1. The maximum Gasteiger partial charge on any atom is 2.00 e. The molecule has 9 heteroatoms. The van der Waals surface area contributed by atoms with Gasteiger partial charge in [-0.1, -0.05) is 68.2 Å². The molecule has 0 rings (SSSR count). The zero-order valence-electron chi connectivity index (χ0n) is 23.2. The van der Waals surface area contributed by atoms with E-state index in [9.17, 15) is 9.59 Å². The SMILES string of the molecule is CCCCOCCOC(=O)CC[S-].CCCCOCCOC(=O)CC[S-].[CH2]C(C)C.[CH2]C(C)C.[Sn+2]. The van der Waals surface area contributed by atoms with Crippen molar-refractivity contribution >= 4 is 61.1 Å². The number of carbonyl (C=O) groups excluding carboxylic acids is 2. The molecule has 0 fully saturated rings. The van der Waals surface area contributed by atoms with Crippen molar-refractivity contribution in [1.82, 2.24) is 0 Å². The van der Waals surface area contributed by atoms with E-state index >= 15 is 0 Å². The summed E-state index contributed by atoms with van der Waals surface area (Å²) >= 11 is 9.26. The Kier molecular flexibility index (Phi) is 53.7. The predicted molar refractivity (Wildman–Crippen MR) is 153 cm³/mol. The van der Waals surface area contributed by atoms with Gasteiger partial charge in [-0.2, -0.15) is 11.5 Å². The first-order valence-corrected chi connectivity index (χ1v) is 13.5. The average molecular weight is 644 g/mol. The minimum Gasteiger partial charge on any atom is -0.792 e. The summed E-state index contributed by atoms with van der Waals surface area (Å²) in [6, 6.07) is 0. The van der Waals surface area contributed by atoms with Crippen molar-refractivity contribution in [3.63, 3.8) is 0 Å². The Labute approximate surface area is 245 Å². The Hall–Kier alpha value is 0.359. The Morgan fingerprint density at radius 3 is 1.17 bits per heavy atom. The summed E-state index contributed by atoms with van der Waals surface area (Å²) in [6.45, 7) is 22.9. The van der Waals surface area contributed by atoms with Crippen LogP contribution in [0, 0.1) is 25.7 Å². The molecule has 0 spiro atoms. The van der Waals surface area contributed by atoms with Crippen LogP contribution in [0.3, 0.4) is 0 Å². The van der Waals surface area contributed by atoms with Crippen LogP contribution in [0.2, 0.25) is 0 Å². The first kappa shape index (κ1) is 45.3. The van der Waals surface area contributed by atoms with Crippen LogP contribution < -0.4 is 0 Å². The molecular formula is C26H52O6S2Sn. The second kappa shape index (κ2) is 41.5. The van der Waals surface area contributed by atoms with Gasteiger partial charge in [0.2, 0.25) is 0 Å². The quantitative estimate of drug-likeness (QED) is 0.0992. The number of rotatable bonds is 16. The Morgan fingerprint density at radius 2 is 0.943 bits per heavy atom. The molecule has 0 amide bonds. The Balaban J connectivity index is -0.000000128. The molecule has 0 unspecified atom stereocenters. The van der Waals surface area contributed by atoms with E-state index in [1.165, 1.54) is 0 Å². The van der Waals surface area contributed by atoms with Gasteiger partial charge in [0, 0.05) is 26.1 Å². The normalized spacial score (nSPS) is 9.49. The molecule has 0 saturated heterocycles. The summed E-state index contributed by atoms with van der Waals surface area (Å²) in [7, 11) is 0. The van der Waals surface area contributed by atoms with Crippen molar-refractivity contribution in [3.05, 3.63) is 13.8 Å². The molecule has 0 aromatic carbocycles. The van der Waals surface area contributed by atoms with Crippen LogP contribution in [0.25, 0.3) is 0 Å². The number of hydrogen-bond donors (Lipinski definition) is 0. The summed E-state index contributed by atoms with van der Waals surface area (Å²) in [4.78, 5) is 21.6. The van der Waals surface area contributed by atoms with Gasteiger partial charge in [0.25, 0.3) is 0 Å². The van der Waals surface area contributed by atoms with Crippen LogP contribution in [0.1, 0.15) is 80.1 Å². The van der Waals surface area contributed by atoms with E-state index in [4.69, 9.17) is 18.9 Å². The van der Waals surface area contributed by atoms with E-state index in [2.05, 4.69) is 80.6 Å². The molecule has 6 nitrogen and oxygen atoms in total. The monoisotopic (exact) mass is 644 g/mol. The van der Waals surface area contributed by atoms with Gasteiger partial charge in [-0.05, 0) is 24.7 Å². The number of unbranched alkanes of at least 4 members (excludes halogenated alkanes) is 2. The molecule has 0 atom stereocenters. The molecule has 0 bridgehead atoms. The second-order valence-corrected chi connectivity index (χ2v) is 8.89. The fourth-order valence-corrected chi connectivity index (χ4v) is 1.77. The molecule has 0 N–H and O–H groups in total. The molecule has 0 aliphatic heterocycles. The number of carbonyl (C=O) groups is 2. The van der Waals surface area contributed by atoms with Crippen LogP contribution in [-0.4, -0.2) is 87.0 Å². The number of hydrogen-bond acceptors (Lipinski definition) is 8. The summed E-state index contributed by atoms with van der Waals surface area (Å²) < 4.78 is 20.1. The zero-order chi connectivity index (χ0) is 27.0. The molecule has 0 saturated carbocycles. The topological polar surface area (TPSA) is 71.1 Å². The molecule has 0 aromatic heterocycles. The van der Waals surface area contributed by atoms with Crippen LogP contribution >= 0.6 is 0 Å². The van der Waals surface area contributed by atoms with E-state index in [0.29, 0.717) is 62.6 Å². The van der Waals surface area contributed by atoms with Crippen LogP contribution in [0.4, 0.5) is 0 Å². The molecule has 0 aliphatic rings. The van der Waals surface area contributed by atoms with Crippen molar-refractivity contribution in [2.24, 2.45) is 11.8 Å². The van der Waals surface area contributed by atoms with Crippen LogP contribution in [0.5, 0.6) is 0 Å². The van der Waals surface area contributed by atoms with E-state index in [0.717, 1.165) is 38.9 Å². The van der Waals surface area contributed by atoms with Gasteiger partial charge in [-0.15, -0.1) is 0 Å². The third-order valence-electron chi connectivity index (χ3n) is 2.88. The average Bonchev–Trinajstić information content (AvgIpc) is 2.73. The van der Waals surface area contributed by atoms with E-state index in [1.807, 2.05) is 0 Å². The maximum absolute atomic E-state index is 10.8. The van der Waals surface area contributed by atoms with Gasteiger partial charge in [-0.25, -0.2) is 0 Å². The molecule has 0 aliphatic carbocycles. The molecule has 0 heterocycles. The molecule has 208 valence electrons. The fourth-order valence-electron chi connectivity index (χ4n) is 1.44. The zero-order valence-corrected chi connectivity index (χ0v) is 27.7. The number of ether oxygens (including phenoxy) is 4. The predicted octanol–water partition coefficient (Wildman–Crippen LogP) is 5.14. The summed E-state index contributed by atoms with van der Waals surface area (Å²) in [5.74, 6) is 1.56. The molecule has 4 radical (unpaired) electrons. The maximum atomic E-state index is 10.8. The molecule has 0 aromatic rings. The van der Waals surface area contributed by atoms with E-state index in [-0.39, 0.29) is 35.8 Å². The van der Waals surface area contributed by atoms with Crippen molar-refractivity contribution in [2.45, 2.75) is 80.1 Å². The molecular weight excluding hydrogens is 591 g/mol. The van der Waals surface area contributed by atoms with Gasteiger partial charge in [0.05, 0.1) is 13.2 Å². The third kappa shape index (κ3) is 72.0. The van der Waals surface area contributed by atoms with Crippen molar-refractivity contribution < 1.29 is 28.5 Å². The van der Waals surface area contributed by atoms with Gasteiger partial charge in [0.15, 0.2) is 0 Å². The summed E-state index contributed by atoms with van der Waals surface area (Å²) in [5, 5.41) is 0. The minimum absolute atomic E-state index is 0. The summed E-state index contributed by atoms with van der Waals surface area (Å²) in [5.41, 5.74) is 0. The summed E-state index contributed by atoms with van der Waals surface area (Å²) in [6.07, 6.45) is 5.00. The van der Waals surface area contributed by atoms with Crippen LogP contribution in [0.15, 0.2) is 0 Å². The van der Waals surface area contributed by atoms with E-state index in [1.54, 1.807) is 0 Å².